The molecular formula is C8H3O2. The number of rotatable bonds is 0. The van der Waals surface area contributed by atoms with Crippen LogP contribution in [0.15, 0.2) is 18.2 Å². The molecule has 1 rings (SSSR count). The van der Waals surface area contributed by atoms with E-state index in [0.717, 1.165) is 0 Å². The van der Waals surface area contributed by atoms with Gasteiger partial charge in [-0.2, -0.15) is 0 Å². The summed E-state index contributed by atoms with van der Waals surface area (Å²) in [5.41, 5.74) is 0. The Morgan fingerprint density at radius 1 is 1.30 bits per heavy atom. The van der Waals surface area contributed by atoms with Gasteiger partial charge in [0.05, 0.1) is 10.4 Å². The van der Waals surface area contributed by atoms with Crippen LogP contribution >= 0.6 is 0 Å². The van der Waals surface area contributed by atoms with Gasteiger partial charge in [0.25, 0.3) is 0 Å². The van der Waals surface area contributed by atoms with Gasteiger partial charge in [0.15, 0.2) is 0 Å². The molecule has 0 saturated heterocycles. The highest BCUT2D eigenvalue weighted by atomic mass is 16.1. The van der Waals surface area contributed by atoms with Crippen molar-refractivity contribution in [1.29, 1.82) is 0 Å². The smallest absolute Gasteiger partial charge is 0.134 e. The molecule has 0 aliphatic rings. The van der Waals surface area contributed by atoms with Crippen LogP contribution in [0.4, 0.5) is 0 Å². The van der Waals surface area contributed by atoms with Gasteiger partial charge in [-0.25, -0.2) is 9.59 Å². The second kappa shape index (κ2) is 2.79. The lowest BCUT2D eigenvalue weighted by Gasteiger charge is -1.75. The largest absolute Gasteiger partial charge is 0.233 e. The topological polar surface area (TPSA) is 34.1 Å². The molecule has 0 spiro atoms. The zero-order chi connectivity index (χ0) is 7.40. The summed E-state index contributed by atoms with van der Waals surface area (Å²) in [6.07, 6.45) is 0. The van der Waals surface area contributed by atoms with Crippen molar-refractivity contribution in [2.24, 2.45) is 0 Å². The van der Waals surface area contributed by atoms with E-state index < -0.39 is 0 Å². The molecule has 0 fully saturated rings. The maximum Gasteiger partial charge on any atom is 0.134 e. The van der Waals surface area contributed by atoms with Gasteiger partial charge < -0.3 is 0 Å². The van der Waals surface area contributed by atoms with Crippen molar-refractivity contribution in [3.05, 3.63) is 34.7 Å². The van der Waals surface area contributed by atoms with Gasteiger partial charge in [-0.05, 0) is 6.07 Å². The van der Waals surface area contributed by atoms with Crippen molar-refractivity contribution in [3.8, 4) is 0 Å². The Morgan fingerprint density at radius 3 is 2.60 bits per heavy atom. The number of benzene rings is 1. The van der Waals surface area contributed by atoms with Crippen molar-refractivity contribution >= 4 is 11.9 Å². The van der Waals surface area contributed by atoms with E-state index in [2.05, 4.69) is 6.07 Å². The van der Waals surface area contributed by atoms with Crippen molar-refractivity contribution in [3.63, 3.8) is 0 Å². The molecule has 1 aromatic rings. The van der Waals surface area contributed by atoms with Gasteiger partial charge in [-0.1, -0.05) is 12.1 Å². The van der Waals surface area contributed by atoms with Crippen molar-refractivity contribution in [2.45, 2.75) is 0 Å². The van der Waals surface area contributed by atoms with Crippen molar-refractivity contribution < 1.29 is 9.59 Å². The Kier molecular flexibility index (Phi) is 1.81. The van der Waals surface area contributed by atoms with Gasteiger partial charge in [-0.3, -0.25) is 0 Å². The lowest BCUT2D eigenvalue weighted by atomic mass is 10.3. The fourth-order valence-corrected chi connectivity index (χ4v) is 0.606. The van der Waals surface area contributed by atoms with E-state index in [-0.39, 0.29) is 10.4 Å². The molecule has 0 heterocycles. The van der Waals surface area contributed by atoms with Crippen molar-refractivity contribution in [1.82, 2.24) is 0 Å². The molecule has 2 heteroatoms. The third-order valence-electron chi connectivity index (χ3n) is 1.07. The predicted molar refractivity (Wildman–Crippen MR) is 34.1 cm³/mol. The first-order valence-corrected chi connectivity index (χ1v) is 2.65. The van der Waals surface area contributed by atoms with E-state index in [4.69, 9.17) is 0 Å². The van der Waals surface area contributed by atoms with Gasteiger partial charge >= 0.3 is 0 Å². The molecule has 1 aromatic carbocycles. The van der Waals surface area contributed by atoms with E-state index in [1.54, 1.807) is 24.0 Å². The lowest BCUT2D eigenvalue weighted by molar-refractivity contribution is 0.564. The lowest BCUT2D eigenvalue weighted by Crippen LogP contribution is -2.26. The zero-order valence-corrected chi connectivity index (χ0v) is 5.05. The summed E-state index contributed by atoms with van der Waals surface area (Å²) in [5, 5.41) is 0.343. The molecule has 1 radical (unpaired) electrons. The molecule has 10 heavy (non-hydrogen) atoms. The molecule has 0 atom stereocenters. The second-order valence-electron chi connectivity index (χ2n) is 1.66. The van der Waals surface area contributed by atoms with E-state index in [1.165, 1.54) is 6.07 Å². The molecule has 0 saturated carbocycles. The molecule has 0 aliphatic carbocycles. The van der Waals surface area contributed by atoms with Crippen LogP contribution in [0.5, 0.6) is 0 Å². The Balaban J connectivity index is 3.88. The minimum absolute atomic E-state index is 0.137. The Hall–Kier alpha value is -1.62. The first kappa shape index (κ1) is 6.50. The van der Waals surface area contributed by atoms with Gasteiger partial charge in [0.2, 0.25) is 0 Å². The molecule has 0 unspecified atom stereocenters. The summed E-state index contributed by atoms with van der Waals surface area (Å²) in [6.45, 7) is 0. The van der Waals surface area contributed by atoms with Crippen LogP contribution in [0.2, 0.25) is 0 Å². The van der Waals surface area contributed by atoms with Crippen LogP contribution < -0.4 is 10.4 Å². The zero-order valence-electron chi connectivity index (χ0n) is 5.05. The standard InChI is InChI=1S/C8H3O2/c9-5-7-3-1-2-4-8(7)6-10/h1-3H. The average Bonchev–Trinajstić information content (AvgIpc) is 2.04. The predicted octanol–water partition coefficient (Wildman–Crippen LogP) is -1.51. The average molecular weight is 131 g/mol. The maximum absolute atomic E-state index is 10.1. The summed E-state index contributed by atoms with van der Waals surface area (Å²) >= 11 is 0. The molecule has 2 nitrogen and oxygen atoms in total. The van der Waals surface area contributed by atoms with Crippen LogP contribution in [0, 0.1) is 6.07 Å². The SMILES string of the molecule is O=C=c1[c]cccc1=C=O. The first-order valence-electron chi connectivity index (χ1n) is 2.65. The highest BCUT2D eigenvalue weighted by molar-refractivity contribution is 5.53. The summed E-state index contributed by atoms with van der Waals surface area (Å²) < 4.78 is 0. The summed E-state index contributed by atoms with van der Waals surface area (Å²) in [4.78, 5) is 20.1. The highest BCUT2D eigenvalue weighted by Crippen LogP contribution is 1.64. The minimum Gasteiger partial charge on any atom is -0.233 e. The van der Waals surface area contributed by atoms with Crippen LogP contribution in [-0.2, 0) is 9.59 Å². The van der Waals surface area contributed by atoms with Crippen molar-refractivity contribution in [2.75, 3.05) is 0 Å². The number of carbonyl (C=O) groups excluding carboxylic acids is 2. The van der Waals surface area contributed by atoms with E-state index in [1.807, 2.05) is 0 Å². The quantitative estimate of drug-likeness (QED) is 0.429. The van der Waals surface area contributed by atoms with Gasteiger partial charge in [-0.15, -0.1) is 0 Å². The Bertz CT molecular complexity index is 343. The second-order valence-corrected chi connectivity index (χ2v) is 1.66. The monoisotopic (exact) mass is 131 g/mol. The molecular weight excluding hydrogens is 128 g/mol. The summed E-state index contributed by atoms with van der Waals surface area (Å²) in [6, 6.07) is 7.20. The summed E-state index contributed by atoms with van der Waals surface area (Å²) in [5.74, 6) is 3.18. The fourth-order valence-electron chi connectivity index (χ4n) is 0.606. The highest BCUT2D eigenvalue weighted by Gasteiger charge is 1.81. The molecule has 47 valence electrons. The van der Waals surface area contributed by atoms with E-state index >= 15 is 0 Å². The minimum atomic E-state index is 0.137. The third kappa shape index (κ3) is 1.03. The number of hydrogen-bond donors (Lipinski definition) is 0. The molecule has 0 aliphatic heterocycles. The van der Waals surface area contributed by atoms with Gasteiger partial charge in [0, 0.05) is 6.07 Å². The van der Waals surface area contributed by atoms with E-state index in [0.29, 0.717) is 0 Å². The Morgan fingerprint density at radius 2 is 2.10 bits per heavy atom. The maximum atomic E-state index is 10.1. The molecule has 0 N–H and O–H groups in total. The molecule has 0 bridgehead atoms. The number of hydrogen-bond acceptors (Lipinski definition) is 2. The fraction of sp³-hybridized carbons (Fsp3) is 0. The van der Waals surface area contributed by atoms with Crippen LogP contribution in [0.3, 0.4) is 0 Å². The normalized spacial score (nSPS) is 8.00. The third-order valence-corrected chi connectivity index (χ3v) is 1.07. The molecule has 0 aromatic heterocycles. The van der Waals surface area contributed by atoms with E-state index in [9.17, 15) is 9.59 Å². The van der Waals surface area contributed by atoms with Crippen LogP contribution in [0.1, 0.15) is 0 Å². The first-order chi connectivity index (χ1) is 4.88. The molecule has 0 amide bonds. The van der Waals surface area contributed by atoms with Crippen LogP contribution in [-0.4, -0.2) is 11.9 Å². The Labute approximate surface area is 57.1 Å². The summed E-state index contributed by atoms with van der Waals surface area (Å²) in [7, 11) is 0. The van der Waals surface area contributed by atoms with Crippen LogP contribution in [0.25, 0.3) is 0 Å². The van der Waals surface area contributed by atoms with Gasteiger partial charge in [0.1, 0.15) is 11.9 Å².